The Balaban J connectivity index is 1.22. The number of nitrogens with zero attached hydrogens (tertiary/aromatic N) is 1. The van der Waals surface area contributed by atoms with E-state index in [9.17, 15) is 0 Å². The predicted octanol–water partition coefficient (Wildman–Crippen LogP) is 16.4. The minimum atomic E-state index is -0.243. The van der Waals surface area contributed by atoms with Gasteiger partial charge in [-0.2, -0.15) is 0 Å². The molecular weight excluding hydrogens is 735 g/mol. The molecule has 0 saturated carbocycles. The van der Waals surface area contributed by atoms with Crippen molar-refractivity contribution in [1.82, 2.24) is 0 Å². The molecule has 0 unspecified atom stereocenters. The van der Waals surface area contributed by atoms with Crippen molar-refractivity contribution < 1.29 is 0 Å². The molecule has 2 aliphatic rings. The summed E-state index contributed by atoms with van der Waals surface area (Å²) in [4.78, 5) is 2.57. The summed E-state index contributed by atoms with van der Waals surface area (Å²) in [6, 6.07) is 78.6. The molecule has 2 aliphatic carbocycles. The van der Waals surface area contributed by atoms with E-state index in [-0.39, 0.29) is 10.8 Å². The minimum absolute atomic E-state index is 0.0876. The Morgan fingerprint density at radius 2 is 0.754 bits per heavy atom. The molecule has 292 valence electrons. The summed E-state index contributed by atoms with van der Waals surface area (Å²) in [6.07, 6.45) is 0. The van der Waals surface area contributed by atoms with Gasteiger partial charge in [0, 0.05) is 22.1 Å². The van der Waals surface area contributed by atoms with Gasteiger partial charge in [-0.25, -0.2) is 0 Å². The second kappa shape index (κ2) is 14.2. The summed E-state index contributed by atoms with van der Waals surface area (Å²) < 4.78 is 0. The first-order valence-corrected chi connectivity index (χ1v) is 21.5. The molecule has 0 N–H and O–H groups in total. The van der Waals surface area contributed by atoms with Crippen molar-refractivity contribution >= 4 is 17.1 Å². The van der Waals surface area contributed by atoms with Crippen molar-refractivity contribution in [1.29, 1.82) is 0 Å². The van der Waals surface area contributed by atoms with Crippen molar-refractivity contribution in [3.63, 3.8) is 0 Å². The van der Waals surface area contributed by atoms with Crippen LogP contribution in [0.15, 0.2) is 212 Å². The van der Waals surface area contributed by atoms with Gasteiger partial charge in [0.1, 0.15) is 0 Å². The number of hydrogen-bond donors (Lipinski definition) is 0. The summed E-state index contributed by atoms with van der Waals surface area (Å²) in [7, 11) is 0. The van der Waals surface area contributed by atoms with Crippen molar-refractivity contribution in [2.24, 2.45) is 0 Å². The molecule has 0 radical (unpaired) electrons. The molecule has 0 amide bonds. The molecule has 9 aromatic carbocycles. The molecule has 0 fully saturated rings. The Bertz CT molecular complexity index is 3130. The lowest BCUT2D eigenvalue weighted by molar-refractivity contribution is 0.660. The number of benzene rings is 9. The molecule has 9 aromatic rings. The molecule has 1 nitrogen and oxygen atoms in total. The number of hydrogen-bond acceptors (Lipinski definition) is 1. The highest BCUT2D eigenvalue weighted by molar-refractivity contribution is 6.03. The molecular formula is C60H47N. The van der Waals surface area contributed by atoms with Crippen molar-refractivity contribution in [3.05, 3.63) is 235 Å². The first-order chi connectivity index (χ1) is 29.8. The van der Waals surface area contributed by atoms with Crippen molar-refractivity contribution in [2.75, 3.05) is 4.90 Å². The molecule has 0 atom stereocenters. The zero-order chi connectivity index (χ0) is 41.3. The van der Waals surface area contributed by atoms with E-state index in [0.29, 0.717) is 0 Å². The van der Waals surface area contributed by atoms with Crippen LogP contribution in [0.1, 0.15) is 49.9 Å². The van der Waals surface area contributed by atoms with Crippen LogP contribution in [0.25, 0.3) is 66.8 Å². The summed E-state index contributed by atoms with van der Waals surface area (Å²) in [6.45, 7) is 9.52. The third-order valence-electron chi connectivity index (χ3n) is 13.5. The largest absolute Gasteiger partial charge is 0.309 e. The van der Waals surface area contributed by atoms with Crippen molar-refractivity contribution in [2.45, 2.75) is 38.5 Å². The lowest BCUT2D eigenvalue weighted by atomic mass is 9.81. The highest BCUT2D eigenvalue weighted by atomic mass is 15.1. The van der Waals surface area contributed by atoms with Crippen LogP contribution in [-0.2, 0) is 10.8 Å². The fourth-order valence-corrected chi connectivity index (χ4v) is 10.7. The highest BCUT2D eigenvalue weighted by Gasteiger charge is 2.40. The molecule has 61 heavy (non-hydrogen) atoms. The SMILES string of the molecule is CC1(C)c2ccccc2-c2c(-c3cccc(N(c4cccc(-c5ccccc5)c4-c4ccccc4-c4ccccc4)c4cccc5c4C(C)(C)c4ccccc4-5)c3)cccc21. The monoisotopic (exact) mass is 781 g/mol. The smallest absolute Gasteiger partial charge is 0.0546 e. The third kappa shape index (κ3) is 5.76. The van der Waals surface area contributed by atoms with Gasteiger partial charge in [0.15, 0.2) is 0 Å². The molecule has 1 heteroatoms. The van der Waals surface area contributed by atoms with Gasteiger partial charge in [0.05, 0.1) is 11.4 Å². The predicted molar refractivity (Wildman–Crippen MR) is 258 cm³/mol. The van der Waals surface area contributed by atoms with E-state index in [1.165, 1.54) is 94.7 Å². The van der Waals surface area contributed by atoms with Gasteiger partial charge in [0.2, 0.25) is 0 Å². The summed E-state index contributed by atoms with van der Waals surface area (Å²) in [5.41, 5.74) is 23.5. The van der Waals surface area contributed by atoms with Crippen LogP contribution in [0.5, 0.6) is 0 Å². The first kappa shape index (κ1) is 36.8. The van der Waals surface area contributed by atoms with E-state index in [4.69, 9.17) is 0 Å². The molecule has 11 rings (SSSR count). The molecule has 0 spiro atoms. The van der Waals surface area contributed by atoms with Crippen molar-refractivity contribution in [3.8, 4) is 66.8 Å². The summed E-state index contributed by atoms with van der Waals surface area (Å²) in [5.74, 6) is 0. The van der Waals surface area contributed by atoms with E-state index in [2.05, 4.69) is 245 Å². The zero-order valence-electron chi connectivity index (χ0n) is 35.2. The van der Waals surface area contributed by atoms with Gasteiger partial charge in [0.25, 0.3) is 0 Å². The van der Waals surface area contributed by atoms with Gasteiger partial charge >= 0.3 is 0 Å². The quantitative estimate of drug-likeness (QED) is 0.156. The van der Waals surface area contributed by atoms with E-state index in [1.807, 2.05) is 0 Å². The maximum atomic E-state index is 2.57. The Labute approximate surface area is 360 Å². The summed E-state index contributed by atoms with van der Waals surface area (Å²) in [5, 5.41) is 0. The Kier molecular flexibility index (Phi) is 8.58. The van der Waals surface area contributed by atoms with Crippen LogP contribution >= 0.6 is 0 Å². The Hall–Kier alpha value is -7.22. The first-order valence-electron chi connectivity index (χ1n) is 21.5. The van der Waals surface area contributed by atoms with Crippen LogP contribution in [0, 0.1) is 0 Å². The molecule has 0 aromatic heterocycles. The highest BCUT2D eigenvalue weighted by Crippen LogP contribution is 2.57. The second-order valence-electron chi connectivity index (χ2n) is 17.6. The maximum absolute atomic E-state index is 2.57. The molecule has 0 heterocycles. The van der Waals surface area contributed by atoms with E-state index < -0.39 is 0 Å². The normalized spacial score (nSPS) is 13.8. The van der Waals surface area contributed by atoms with Gasteiger partial charge in [-0.15, -0.1) is 0 Å². The Morgan fingerprint density at radius 1 is 0.295 bits per heavy atom. The average Bonchev–Trinajstić information content (AvgIpc) is 3.70. The second-order valence-corrected chi connectivity index (χ2v) is 17.6. The van der Waals surface area contributed by atoms with Gasteiger partial charge in [-0.1, -0.05) is 216 Å². The Morgan fingerprint density at radius 3 is 1.46 bits per heavy atom. The van der Waals surface area contributed by atoms with Crippen LogP contribution in [0.3, 0.4) is 0 Å². The van der Waals surface area contributed by atoms with Gasteiger partial charge < -0.3 is 4.90 Å². The molecule has 0 bridgehead atoms. The summed E-state index contributed by atoms with van der Waals surface area (Å²) >= 11 is 0. The standard InChI is InChI=1S/C60H47N/c1-59(2)52-35-16-14-30-50(52)56-46(31-18-36-53(56)59)42-25-17-26-43(39-42)61(55-38-20-33-49-47-28-13-15-34-51(47)60(3,4)58(49)55)54-37-19-32-45(41-23-9-6-10-24-41)57(54)48-29-12-11-27-44(48)40-21-7-5-8-22-40/h5-39H,1-4H3. The van der Waals surface area contributed by atoms with Gasteiger partial charge in [-0.05, 0) is 108 Å². The zero-order valence-corrected chi connectivity index (χ0v) is 35.2. The lowest BCUT2D eigenvalue weighted by Crippen LogP contribution is -2.21. The topological polar surface area (TPSA) is 3.24 Å². The number of fused-ring (bicyclic) bond motifs is 6. The number of anilines is 3. The van der Waals surface area contributed by atoms with Crippen LogP contribution in [0.2, 0.25) is 0 Å². The van der Waals surface area contributed by atoms with E-state index >= 15 is 0 Å². The maximum Gasteiger partial charge on any atom is 0.0546 e. The fraction of sp³-hybridized carbons (Fsp3) is 0.100. The van der Waals surface area contributed by atoms with E-state index in [1.54, 1.807) is 0 Å². The molecule has 0 saturated heterocycles. The van der Waals surface area contributed by atoms with Crippen LogP contribution in [-0.4, -0.2) is 0 Å². The lowest BCUT2D eigenvalue weighted by Gasteiger charge is -2.34. The molecule has 0 aliphatic heterocycles. The van der Waals surface area contributed by atoms with Gasteiger partial charge in [-0.3, -0.25) is 0 Å². The number of rotatable bonds is 7. The third-order valence-corrected chi connectivity index (χ3v) is 13.5. The van der Waals surface area contributed by atoms with Crippen LogP contribution < -0.4 is 4.90 Å². The fourth-order valence-electron chi connectivity index (χ4n) is 10.7. The average molecular weight is 782 g/mol. The minimum Gasteiger partial charge on any atom is -0.309 e. The van der Waals surface area contributed by atoms with E-state index in [0.717, 1.165) is 11.4 Å². The van der Waals surface area contributed by atoms with Crippen LogP contribution in [0.4, 0.5) is 17.1 Å².